The molecule has 1 saturated carbocycles. The fourth-order valence-electron chi connectivity index (χ4n) is 4.41. The van der Waals surface area contributed by atoms with Crippen molar-refractivity contribution in [2.75, 3.05) is 18.4 Å². The van der Waals surface area contributed by atoms with E-state index in [1.807, 2.05) is 36.1 Å². The molecule has 4 rings (SSSR count). The molecule has 2 aromatic rings. The van der Waals surface area contributed by atoms with Gasteiger partial charge in [-0.2, -0.15) is 5.10 Å². The second kappa shape index (κ2) is 9.28. The first-order valence-corrected chi connectivity index (χ1v) is 10.9. The predicted octanol–water partition coefficient (Wildman–Crippen LogP) is 3.47. The second-order valence-electron chi connectivity index (χ2n) is 8.36. The molecule has 0 spiro atoms. The molecular weight excluding hydrogens is 380 g/mol. The zero-order valence-corrected chi connectivity index (χ0v) is 17.5. The number of likely N-dealkylation sites (tertiary alicyclic amines) is 1. The van der Waals surface area contributed by atoms with Gasteiger partial charge in [0, 0.05) is 36.3 Å². The number of benzene rings is 1. The second-order valence-corrected chi connectivity index (χ2v) is 8.36. The van der Waals surface area contributed by atoms with Crippen molar-refractivity contribution in [3.8, 4) is 11.4 Å². The largest absolute Gasteiger partial charge is 0.342 e. The van der Waals surface area contributed by atoms with Crippen molar-refractivity contribution in [3.05, 3.63) is 30.1 Å². The molecule has 0 bridgehead atoms. The minimum atomic E-state index is -0.227. The first kappa shape index (κ1) is 20.4. The van der Waals surface area contributed by atoms with Gasteiger partial charge in [0.1, 0.15) is 5.82 Å². The van der Waals surface area contributed by atoms with Crippen LogP contribution in [-0.4, -0.2) is 51.2 Å². The van der Waals surface area contributed by atoms with E-state index in [1.54, 1.807) is 0 Å². The zero-order chi connectivity index (χ0) is 20.9. The standard InChI is InChI=1S/C22H30N6O2/c1-15-23-20(27-26-15)17-8-5-9-19(14-17)25-22(30)24-18-10-12-28(13-11-18)21(29)16-6-3-2-4-7-16/h5,8-9,14,16,18H,2-4,6-7,10-13H2,1H3,(H,23,26,27)(H2,24,25,30). The summed E-state index contributed by atoms with van der Waals surface area (Å²) in [6, 6.07) is 7.33. The Kier molecular flexibility index (Phi) is 6.30. The SMILES string of the molecule is Cc1nc(-c2cccc(NC(=O)NC3CCN(C(=O)C4CCCCC4)CC3)c2)n[nH]1. The fourth-order valence-corrected chi connectivity index (χ4v) is 4.41. The van der Waals surface area contributed by atoms with Gasteiger partial charge in [0.05, 0.1) is 0 Å². The Hall–Kier alpha value is -2.90. The molecule has 3 amide bonds. The highest BCUT2D eigenvalue weighted by Crippen LogP contribution is 2.26. The third kappa shape index (κ3) is 4.98. The first-order chi connectivity index (χ1) is 14.6. The summed E-state index contributed by atoms with van der Waals surface area (Å²) in [6.07, 6.45) is 7.26. The smallest absolute Gasteiger partial charge is 0.319 e. The van der Waals surface area contributed by atoms with Crippen LogP contribution in [0, 0.1) is 12.8 Å². The van der Waals surface area contributed by atoms with Gasteiger partial charge in [0.2, 0.25) is 5.91 Å². The number of nitrogens with zero attached hydrogens (tertiary/aromatic N) is 3. The van der Waals surface area contributed by atoms with Crippen LogP contribution in [0.3, 0.4) is 0 Å². The van der Waals surface area contributed by atoms with Crippen molar-refractivity contribution in [1.82, 2.24) is 25.4 Å². The highest BCUT2D eigenvalue weighted by Gasteiger charge is 2.29. The van der Waals surface area contributed by atoms with E-state index < -0.39 is 0 Å². The molecule has 0 unspecified atom stereocenters. The van der Waals surface area contributed by atoms with Crippen LogP contribution < -0.4 is 10.6 Å². The lowest BCUT2D eigenvalue weighted by atomic mass is 9.87. The third-order valence-corrected chi connectivity index (χ3v) is 6.07. The number of amides is 3. The lowest BCUT2D eigenvalue weighted by molar-refractivity contribution is -0.137. The summed E-state index contributed by atoms with van der Waals surface area (Å²) < 4.78 is 0. The molecule has 8 nitrogen and oxygen atoms in total. The predicted molar refractivity (Wildman–Crippen MR) is 115 cm³/mol. The molecule has 1 aromatic heterocycles. The molecule has 0 atom stereocenters. The average molecular weight is 411 g/mol. The number of hydrogen-bond acceptors (Lipinski definition) is 4. The quantitative estimate of drug-likeness (QED) is 0.718. The van der Waals surface area contributed by atoms with Crippen molar-refractivity contribution < 1.29 is 9.59 Å². The van der Waals surface area contributed by atoms with Crippen LogP contribution in [0.15, 0.2) is 24.3 Å². The van der Waals surface area contributed by atoms with Gasteiger partial charge in [0.15, 0.2) is 5.82 Å². The Bertz CT molecular complexity index is 881. The van der Waals surface area contributed by atoms with E-state index >= 15 is 0 Å². The number of nitrogens with one attached hydrogen (secondary N) is 3. The number of carbonyl (C=O) groups excluding carboxylic acids is 2. The number of aromatic amines is 1. The van der Waals surface area contributed by atoms with Crippen molar-refractivity contribution in [3.63, 3.8) is 0 Å². The molecule has 2 fully saturated rings. The number of anilines is 1. The van der Waals surface area contributed by atoms with Gasteiger partial charge >= 0.3 is 6.03 Å². The van der Waals surface area contributed by atoms with Crippen LogP contribution in [0.5, 0.6) is 0 Å². The molecule has 3 N–H and O–H groups in total. The van der Waals surface area contributed by atoms with Gasteiger partial charge in [0.25, 0.3) is 0 Å². The number of aromatic nitrogens is 3. The van der Waals surface area contributed by atoms with E-state index in [2.05, 4.69) is 25.8 Å². The normalized spacial score (nSPS) is 18.2. The van der Waals surface area contributed by atoms with Gasteiger partial charge in [-0.15, -0.1) is 0 Å². The van der Waals surface area contributed by atoms with Crippen molar-refractivity contribution in [1.29, 1.82) is 0 Å². The summed E-state index contributed by atoms with van der Waals surface area (Å²) >= 11 is 0. The molecule has 1 saturated heterocycles. The average Bonchev–Trinajstić information content (AvgIpc) is 3.21. The van der Waals surface area contributed by atoms with Crippen LogP contribution in [0.4, 0.5) is 10.5 Å². The van der Waals surface area contributed by atoms with Crippen LogP contribution in [0.25, 0.3) is 11.4 Å². The Labute approximate surface area is 176 Å². The van der Waals surface area contributed by atoms with E-state index in [1.165, 1.54) is 19.3 Å². The topological polar surface area (TPSA) is 103 Å². The highest BCUT2D eigenvalue weighted by atomic mass is 16.2. The number of urea groups is 1. The van der Waals surface area contributed by atoms with Gasteiger partial charge in [-0.25, -0.2) is 9.78 Å². The minimum absolute atomic E-state index is 0.0826. The lowest BCUT2D eigenvalue weighted by Gasteiger charge is -2.35. The van der Waals surface area contributed by atoms with Crippen LogP contribution in [-0.2, 0) is 4.79 Å². The Balaban J connectivity index is 1.26. The summed E-state index contributed by atoms with van der Waals surface area (Å²) in [7, 11) is 0. The molecule has 160 valence electrons. The Morgan fingerprint density at radius 1 is 1.10 bits per heavy atom. The molecule has 1 aliphatic carbocycles. The van der Waals surface area contributed by atoms with Crippen LogP contribution in [0.1, 0.15) is 50.8 Å². The van der Waals surface area contributed by atoms with Crippen molar-refractivity contribution in [2.24, 2.45) is 5.92 Å². The molecule has 2 heterocycles. The van der Waals surface area contributed by atoms with Crippen LogP contribution in [0.2, 0.25) is 0 Å². The zero-order valence-electron chi connectivity index (χ0n) is 17.5. The molecule has 8 heteroatoms. The van der Waals surface area contributed by atoms with Gasteiger partial charge in [-0.3, -0.25) is 9.89 Å². The molecule has 30 heavy (non-hydrogen) atoms. The van der Waals surface area contributed by atoms with E-state index in [9.17, 15) is 9.59 Å². The number of H-pyrrole nitrogens is 1. The summed E-state index contributed by atoms with van der Waals surface area (Å²) in [5.41, 5.74) is 1.53. The van der Waals surface area contributed by atoms with Crippen molar-refractivity contribution >= 4 is 17.6 Å². The van der Waals surface area contributed by atoms with E-state index in [-0.39, 0.29) is 18.0 Å². The fraction of sp³-hybridized carbons (Fsp3) is 0.545. The Morgan fingerprint density at radius 3 is 2.57 bits per heavy atom. The van der Waals surface area contributed by atoms with Crippen molar-refractivity contribution in [2.45, 2.75) is 57.9 Å². The first-order valence-electron chi connectivity index (χ1n) is 10.9. The number of hydrogen-bond donors (Lipinski definition) is 3. The summed E-state index contributed by atoms with van der Waals surface area (Å²) in [5, 5.41) is 12.9. The summed E-state index contributed by atoms with van der Waals surface area (Å²) in [5.74, 6) is 1.88. The lowest BCUT2D eigenvalue weighted by Crippen LogP contribution is -2.49. The van der Waals surface area contributed by atoms with Crippen LogP contribution >= 0.6 is 0 Å². The summed E-state index contributed by atoms with van der Waals surface area (Å²) in [4.78, 5) is 31.5. The Morgan fingerprint density at radius 2 is 1.87 bits per heavy atom. The maximum absolute atomic E-state index is 12.7. The van der Waals surface area contributed by atoms with E-state index in [0.29, 0.717) is 17.4 Å². The number of piperidine rings is 1. The highest BCUT2D eigenvalue weighted by molar-refractivity contribution is 5.90. The monoisotopic (exact) mass is 410 g/mol. The van der Waals surface area contributed by atoms with E-state index in [0.717, 1.165) is 50.2 Å². The number of rotatable bonds is 4. The molecule has 1 aromatic carbocycles. The minimum Gasteiger partial charge on any atom is -0.342 e. The molecule has 1 aliphatic heterocycles. The number of carbonyl (C=O) groups is 2. The molecule has 2 aliphatic rings. The third-order valence-electron chi connectivity index (χ3n) is 6.07. The number of aryl methyl sites for hydroxylation is 1. The summed E-state index contributed by atoms with van der Waals surface area (Å²) in [6.45, 7) is 3.29. The molecular formula is C22H30N6O2. The van der Waals surface area contributed by atoms with Gasteiger partial charge in [-0.05, 0) is 44.7 Å². The maximum Gasteiger partial charge on any atom is 0.319 e. The maximum atomic E-state index is 12.7. The molecule has 0 radical (unpaired) electrons. The van der Waals surface area contributed by atoms with E-state index in [4.69, 9.17) is 0 Å². The van der Waals surface area contributed by atoms with Gasteiger partial charge in [-0.1, -0.05) is 31.4 Å². The van der Waals surface area contributed by atoms with Gasteiger partial charge < -0.3 is 15.5 Å².